The average Bonchev–Trinajstić information content (AvgIpc) is 3.83. The van der Waals surface area contributed by atoms with Gasteiger partial charge in [0.2, 0.25) is 17.7 Å². The molecule has 3 aromatic carbocycles. The van der Waals surface area contributed by atoms with Crippen LogP contribution in [0.4, 0.5) is 5.69 Å². The minimum absolute atomic E-state index is 0.0924. The molecule has 0 spiro atoms. The Morgan fingerprint density at radius 3 is 2.14 bits per heavy atom. The molecule has 3 amide bonds. The van der Waals surface area contributed by atoms with Crippen molar-refractivity contribution in [3.8, 4) is 28.3 Å². The number of hydrogen-bond acceptors (Lipinski definition) is 7. The molecule has 0 aliphatic carbocycles. The van der Waals surface area contributed by atoms with Gasteiger partial charge in [-0.3, -0.25) is 14.4 Å². The Bertz CT molecular complexity index is 1970. The number of carbonyl (C=O) groups excluding carboxylic acids is 3. The third-order valence-corrected chi connectivity index (χ3v) is 10.3. The van der Waals surface area contributed by atoms with Gasteiger partial charge < -0.3 is 30.9 Å². The minimum atomic E-state index is -0.109. The van der Waals surface area contributed by atoms with Crippen LogP contribution in [0.15, 0.2) is 66.7 Å². The van der Waals surface area contributed by atoms with Crippen LogP contribution in [0.25, 0.3) is 22.4 Å². The molecule has 2 atom stereocenters. The summed E-state index contributed by atoms with van der Waals surface area (Å²) in [7, 11) is 1.59. The molecule has 2 saturated heterocycles. The third-order valence-electron chi connectivity index (χ3n) is 9.54. The fourth-order valence-corrected chi connectivity index (χ4v) is 7.54. The summed E-state index contributed by atoms with van der Waals surface area (Å²) in [5.74, 6) is 0.566. The predicted molar refractivity (Wildman–Crippen MR) is 194 cm³/mol. The Kier molecular flexibility index (Phi) is 10.1. The Morgan fingerprint density at radius 2 is 1.46 bits per heavy atom. The summed E-state index contributed by atoms with van der Waals surface area (Å²) in [6, 6.07) is 21.5. The van der Waals surface area contributed by atoms with Crippen LogP contribution >= 0.6 is 23.2 Å². The number of halogens is 2. The van der Waals surface area contributed by atoms with E-state index in [4.69, 9.17) is 32.9 Å². The van der Waals surface area contributed by atoms with Crippen LogP contribution in [-0.2, 0) is 29.2 Å². The number of amides is 3. The Morgan fingerprint density at radius 1 is 0.800 bits per heavy atom. The van der Waals surface area contributed by atoms with Crippen LogP contribution in [-0.4, -0.2) is 55.0 Å². The molecule has 4 heterocycles. The predicted octanol–water partition coefficient (Wildman–Crippen LogP) is 5.63. The van der Waals surface area contributed by atoms with Gasteiger partial charge in [-0.1, -0.05) is 71.7 Å². The number of methoxy groups -OCH3 is 1. The Hall–Kier alpha value is -4.48. The smallest absolute Gasteiger partial charge is 0.258 e. The monoisotopic (exact) mass is 712 g/mol. The first-order valence-corrected chi connectivity index (χ1v) is 17.6. The van der Waals surface area contributed by atoms with Crippen molar-refractivity contribution in [1.82, 2.24) is 26.3 Å². The number of nitrogens with one attached hydrogen (secondary N) is 4. The molecule has 50 heavy (non-hydrogen) atoms. The molecule has 4 aromatic rings. The summed E-state index contributed by atoms with van der Waals surface area (Å²) < 4.78 is 5.64. The third kappa shape index (κ3) is 7.07. The van der Waals surface area contributed by atoms with Crippen molar-refractivity contribution >= 4 is 46.6 Å². The van der Waals surface area contributed by atoms with Gasteiger partial charge in [-0.2, -0.15) is 0 Å². The second-order valence-electron chi connectivity index (χ2n) is 12.9. The van der Waals surface area contributed by atoms with E-state index in [1.54, 1.807) is 12.0 Å². The number of carbonyl (C=O) groups is 3. The van der Waals surface area contributed by atoms with E-state index in [1.165, 1.54) is 0 Å². The van der Waals surface area contributed by atoms with E-state index in [0.717, 1.165) is 40.7 Å². The molecular weight excluding hydrogens is 675 g/mol. The first-order valence-electron chi connectivity index (χ1n) is 16.8. The zero-order valence-corrected chi connectivity index (χ0v) is 29.2. The maximum absolute atomic E-state index is 13.7. The fraction of sp³-hybridized carbons (Fsp3) is 0.316. The normalized spacial score (nSPS) is 18.4. The molecule has 7 rings (SSSR count). The van der Waals surface area contributed by atoms with Crippen LogP contribution in [0, 0.1) is 0 Å². The maximum atomic E-state index is 13.7. The van der Waals surface area contributed by atoms with E-state index in [0.29, 0.717) is 84.0 Å². The maximum Gasteiger partial charge on any atom is 0.258 e. The van der Waals surface area contributed by atoms with Gasteiger partial charge in [-0.15, -0.1) is 0 Å². The van der Waals surface area contributed by atoms with Gasteiger partial charge in [0.05, 0.1) is 35.1 Å². The van der Waals surface area contributed by atoms with Gasteiger partial charge in [0.25, 0.3) is 5.91 Å². The lowest BCUT2D eigenvalue weighted by molar-refractivity contribution is -0.120. The second kappa shape index (κ2) is 14.8. The molecule has 2 unspecified atom stereocenters. The molecule has 2 fully saturated rings. The summed E-state index contributed by atoms with van der Waals surface area (Å²) in [6.07, 6.45) is 2.80. The number of ether oxygens (including phenoxy) is 1. The number of benzene rings is 3. The number of pyridine rings is 1. The van der Waals surface area contributed by atoms with Gasteiger partial charge >= 0.3 is 0 Å². The summed E-state index contributed by atoms with van der Waals surface area (Å²) in [5.41, 5.74) is 6.89. The highest BCUT2D eigenvalue weighted by Gasteiger charge is 2.31. The first-order chi connectivity index (χ1) is 24.3. The number of anilines is 1. The molecular formula is C38H38Cl2N6O4. The summed E-state index contributed by atoms with van der Waals surface area (Å²) >= 11 is 14.2. The van der Waals surface area contributed by atoms with Crippen molar-refractivity contribution in [3.63, 3.8) is 0 Å². The van der Waals surface area contributed by atoms with Gasteiger partial charge in [0.1, 0.15) is 0 Å². The van der Waals surface area contributed by atoms with E-state index in [9.17, 15) is 14.4 Å². The van der Waals surface area contributed by atoms with E-state index < -0.39 is 0 Å². The lowest BCUT2D eigenvalue weighted by atomic mass is 10.00. The van der Waals surface area contributed by atoms with E-state index in [1.807, 2.05) is 66.7 Å². The highest BCUT2D eigenvalue weighted by molar-refractivity contribution is 6.39. The van der Waals surface area contributed by atoms with Gasteiger partial charge in [-0.25, -0.2) is 4.98 Å². The summed E-state index contributed by atoms with van der Waals surface area (Å²) in [6.45, 7) is 2.90. The lowest BCUT2D eigenvalue weighted by Crippen LogP contribution is -2.35. The van der Waals surface area contributed by atoms with E-state index >= 15 is 0 Å². The highest BCUT2D eigenvalue weighted by Crippen LogP contribution is 2.43. The molecule has 10 nitrogen and oxygen atoms in total. The highest BCUT2D eigenvalue weighted by atomic mass is 35.5. The fourth-order valence-electron chi connectivity index (χ4n) is 6.89. The summed E-state index contributed by atoms with van der Waals surface area (Å²) in [4.78, 5) is 43.2. The van der Waals surface area contributed by atoms with Crippen LogP contribution in [0.2, 0.25) is 10.0 Å². The molecule has 3 aliphatic heterocycles. The molecule has 0 saturated carbocycles. The SMILES string of the molecule is COc1nc(-c2cccc(-c3cccc(N4Cc5ccc(CNCC6CCC(=O)N6)cc5C4=O)c3Cl)c2Cl)ccc1CNCC1CCC(=O)N1. The number of hydrogen-bond donors (Lipinski definition) is 4. The zero-order chi connectivity index (χ0) is 34.8. The van der Waals surface area contributed by atoms with Crippen molar-refractivity contribution in [3.05, 3.63) is 99.0 Å². The molecule has 258 valence electrons. The van der Waals surface area contributed by atoms with E-state index in [-0.39, 0.29) is 29.8 Å². The molecule has 4 N–H and O–H groups in total. The number of fused-ring (bicyclic) bond motifs is 1. The topological polar surface area (TPSA) is 125 Å². The molecule has 1 aromatic heterocycles. The van der Waals surface area contributed by atoms with Crippen molar-refractivity contribution < 1.29 is 19.1 Å². The average molecular weight is 714 g/mol. The molecule has 0 bridgehead atoms. The van der Waals surface area contributed by atoms with Crippen LogP contribution in [0.5, 0.6) is 5.88 Å². The second-order valence-corrected chi connectivity index (χ2v) is 13.7. The van der Waals surface area contributed by atoms with Crippen molar-refractivity contribution in [1.29, 1.82) is 0 Å². The lowest BCUT2D eigenvalue weighted by Gasteiger charge is -2.20. The standard InChI is InChI=1S/C38H38Cl2N6O4/c1-50-37-23(18-42-20-26-12-15-34(48)44-26)10-13-31(45-37)29-6-2-4-27(35(29)39)28-5-3-7-32(36(28)40)46-21-24-9-8-22(16-30(24)38(46)49)17-41-19-25-11-14-33(47)43-25/h2-10,13,16,25-26,41-42H,11-12,14-15,17-21H2,1H3,(H,43,47)(H,44,48). The molecule has 0 radical (unpaired) electrons. The molecule has 12 heteroatoms. The number of nitrogens with zero attached hydrogens (tertiary/aromatic N) is 2. The van der Waals surface area contributed by atoms with Crippen LogP contribution in [0.1, 0.15) is 52.7 Å². The van der Waals surface area contributed by atoms with Gasteiger partial charge in [-0.05, 0) is 42.2 Å². The minimum Gasteiger partial charge on any atom is -0.481 e. The Balaban J connectivity index is 1.07. The number of rotatable bonds is 12. The van der Waals surface area contributed by atoms with Crippen LogP contribution < -0.4 is 30.9 Å². The summed E-state index contributed by atoms with van der Waals surface area (Å²) in [5, 5.41) is 13.6. The van der Waals surface area contributed by atoms with Gasteiger partial charge in [0.15, 0.2) is 0 Å². The quantitative estimate of drug-likeness (QED) is 0.150. The zero-order valence-electron chi connectivity index (χ0n) is 27.7. The van der Waals surface area contributed by atoms with Crippen molar-refractivity contribution in [2.75, 3.05) is 25.1 Å². The first kappa shape index (κ1) is 34.0. The van der Waals surface area contributed by atoms with Gasteiger partial charge in [0, 0.05) is 78.9 Å². The van der Waals surface area contributed by atoms with Crippen LogP contribution in [0.3, 0.4) is 0 Å². The molecule has 3 aliphatic rings. The largest absolute Gasteiger partial charge is 0.481 e. The Labute approximate surface area is 300 Å². The number of aromatic nitrogens is 1. The van der Waals surface area contributed by atoms with Crippen molar-refractivity contribution in [2.24, 2.45) is 0 Å². The van der Waals surface area contributed by atoms with E-state index in [2.05, 4.69) is 21.3 Å². The van der Waals surface area contributed by atoms with Crippen molar-refractivity contribution in [2.45, 2.75) is 57.4 Å².